The molecule has 1 fully saturated rings. The highest BCUT2D eigenvalue weighted by Gasteiger charge is 2.59. The maximum atomic E-state index is 15.3. The van der Waals surface area contributed by atoms with Gasteiger partial charge in [-0.25, -0.2) is 9.18 Å². The molecule has 0 unspecified atom stereocenters. The number of aromatic nitrogens is 2. The van der Waals surface area contributed by atoms with Crippen LogP contribution >= 0.6 is 0 Å². The number of aromatic amines is 1. The van der Waals surface area contributed by atoms with Gasteiger partial charge < -0.3 is 14.3 Å². The number of alkyl halides is 1. The number of halogens is 1. The molecule has 2 N–H and O–H groups in total. The average Bonchev–Trinajstić information content (AvgIpc) is 3.10. The van der Waals surface area contributed by atoms with Crippen molar-refractivity contribution in [3.05, 3.63) is 93.8 Å². The van der Waals surface area contributed by atoms with Crippen LogP contribution in [0.2, 0.25) is 5.04 Å². The molecular weight excluding hydrogens is 483 g/mol. The number of nitrogens with one attached hydrogen (secondary N) is 1. The highest BCUT2D eigenvalue weighted by molar-refractivity contribution is 6.99. The van der Waals surface area contributed by atoms with E-state index in [9.17, 15) is 19.5 Å². The molecule has 8 nitrogen and oxygen atoms in total. The van der Waals surface area contributed by atoms with E-state index in [1.807, 2.05) is 86.4 Å². The summed E-state index contributed by atoms with van der Waals surface area (Å²) < 4.78 is 28.6. The summed E-state index contributed by atoms with van der Waals surface area (Å²) in [5, 5.41) is 12.3. The maximum absolute atomic E-state index is 15.3. The fourth-order valence-electron chi connectivity index (χ4n) is 4.86. The molecular formula is C26H29FN2O6Si. The Hall–Kier alpha value is -3.18. The number of hydrogen-bond acceptors (Lipinski definition) is 6. The molecule has 0 aliphatic carbocycles. The Morgan fingerprint density at radius 2 is 1.64 bits per heavy atom. The number of hydrogen-bond donors (Lipinski definition) is 2. The number of rotatable bonds is 7. The second-order valence-electron chi connectivity index (χ2n) is 9.94. The minimum absolute atomic E-state index is 0.332. The third-order valence-corrected chi connectivity index (χ3v) is 11.7. The van der Waals surface area contributed by atoms with Gasteiger partial charge in [-0.05, 0) is 15.4 Å². The van der Waals surface area contributed by atoms with E-state index in [1.165, 1.54) is 0 Å². The van der Waals surface area contributed by atoms with Crippen LogP contribution < -0.4 is 21.6 Å². The molecule has 0 bridgehead atoms. The van der Waals surface area contributed by atoms with E-state index in [-0.39, 0.29) is 0 Å². The summed E-state index contributed by atoms with van der Waals surface area (Å²) in [6.07, 6.45) is -4.26. The molecule has 4 rings (SSSR count). The number of nitrogens with zero attached hydrogens (tertiary/aromatic N) is 1. The van der Waals surface area contributed by atoms with Crippen molar-refractivity contribution in [1.29, 1.82) is 0 Å². The zero-order chi connectivity index (χ0) is 26.1. The molecule has 0 amide bonds. The van der Waals surface area contributed by atoms with Gasteiger partial charge in [0.05, 0.1) is 6.61 Å². The van der Waals surface area contributed by atoms with Crippen LogP contribution in [0.15, 0.2) is 82.5 Å². The number of H-pyrrole nitrogens is 1. The predicted molar refractivity (Wildman–Crippen MR) is 135 cm³/mol. The number of ether oxygens (including phenoxy) is 1. The largest absolute Gasteiger partial charge is 0.404 e. The predicted octanol–water partition coefficient (Wildman–Crippen LogP) is 1.28. The molecule has 1 aliphatic heterocycles. The van der Waals surface area contributed by atoms with Crippen LogP contribution in [0.3, 0.4) is 0 Å². The fourth-order valence-corrected chi connectivity index (χ4v) is 9.45. The number of carbonyl (C=O) groups excluding carboxylic acids is 1. The van der Waals surface area contributed by atoms with Crippen molar-refractivity contribution < 1.29 is 23.5 Å². The standard InChI is InChI=1S/C26H29FN2O6Si/c1-25(2,3)36(18-10-6-4-7-11-18,19-12-8-5-9-13-19)34-17-26(16-30)22(32)21(27)23(35-26)29-15-14-20(31)28-24(29)33/h4-16,21-23,32H,17H2,1-3H3,(H,28,31,33)/t21-,22+,23-,26-/m1/s1. The Morgan fingerprint density at radius 1 is 1.08 bits per heavy atom. The number of aliphatic hydroxyl groups excluding tert-OH is 1. The highest BCUT2D eigenvalue weighted by atomic mass is 28.4. The van der Waals surface area contributed by atoms with Crippen LogP contribution in [0.25, 0.3) is 0 Å². The second kappa shape index (κ2) is 9.70. The van der Waals surface area contributed by atoms with Crippen LogP contribution in [-0.2, 0) is 14.0 Å². The third kappa shape index (κ3) is 4.30. The number of carbonyl (C=O) groups is 1. The van der Waals surface area contributed by atoms with Gasteiger partial charge in [-0.3, -0.25) is 19.1 Å². The summed E-state index contributed by atoms with van der Waals surface area (Å²) >= 11 is 0. The molecule has 1 aromatic heterocycles. The molecule has 0 radical (unpaired) electrons. The van der Waals surface area contributed by atoms with E-state index in [0.717, 1.165) is 27.2 Å². The summed E-state index contributed by atoms with van der Waals surface area (Å²) in [6.45, 7) is 5.68. The molecule has 1 saturated heterocycles. The van der Waals surface area contributed by atoms with E-state index in [4.69, 9.17) is 9.16 Å². The van der Waals surface area contributed by atoms with Gasteiger partial charge in [0.25, 0.3) is 13.9 Å². The first-order chi connectivity index (χ1) is 17.1. The Kier molecular flexibility index (Phi) is 6.98. The van der Waals surface area contributed by atoms with Crippen LogP contribution in [0, 0.1) is 0 Å². The normalized spacial score (nSPS) is 24.5. The van der Waals surface area contributed by atoms with Gasteiger partial charge in [0.2, 0.25) is 0 Å². The fraction of sp³-hybridized carbons (Fsp3) is 0.346. The third-order valence-electron chi connectivity index (χ3n) is 6.67. The van der Waals surface area contributed by atoms with Crippen molar-refractivity contribution >= 4 is 25.0 Å². The lowest BCUT2D eigenvalue weighted by atomic mass is 9.99. The minimum Gasteiger partial charge on any atom is -0.404 e. The molecule has 1 aliphatic rings. The molecule has 0 spiro atoms. The molecule has 3 aromatic rings. The van der Waals surface area contributed by atoms with E-state index in [2.05, 4.69) is 0 Å². The number of aldehydes is 1. The molecule has 2 heterocycles. The van der Waals surface area contributed by atoms with E-state index < -0.39 is 55.3 Å². The van der Waals surface area contributed by atoms with Crippen LogP contribution in [0.1, 0.15) is 27.0 Å². The number of aliphatic hydroxyl groups is 1. The molecule has 10 heteroatoms. The molecule has 4 atom stereocenters. The van der Waals surface area contributed by atoms with E-state index in [0.29, 0.717) is 6.29 Å². The Labute approximate surface area is 208 Å². The summed E-state index contributed by atoms with van der Waals surface area (Å²) in [5.74, 6) is 0. The van der Waals surface area contributed by atoms with Crippen molar-refractivity contribution in [1.82, 2.24) is 9.55 Å². The molecule has 36 heavy (non-hydrogen) atoms. The topological polar surface area (TPSA) is 111 Å². The van der Waals surface area contributed by atoms with Gasteiger partial charge in [0.15, 0.2) is 24.3 Å². The van der Waals surface area contributed by atoms with Crippen LogP contribution in [-0.4, -0.2) is 53.7 Å². The lowest BCUT2D eigenvalue weighted by Crippen LogP contribution is -2.68. The Balaban J connectivity index is 1.78. The van der Waals surface area contributed by atoms with Crippen molar-refractivity contribution in [2.45, 2.75) is 49.9 Å². The smallest absolute Gasteiger partial charge is 0.330 e. The minimum atomic E-state index is -3.14. The Morgan fingerprint density at radius 3 is 2.11 bits per heavy atom. The van der Waals surface area contributed by atoms with Crippen molar-refractivity contribution in [3.63, 3.8) is 0 Å². The second-order valence-corrected chi connectivity index (χ2v) is 14.2. The average molecular weight is 513 g/mol. The zero-order valence-corrected chi connectivity index (χ0v) is 21.3. The van der Waals surface area contributed by atoms with Gasteiger partial charge in [0.1, 0.15) is 6.10 Å². The summed E-state index contributed by atoms with van der Waals surface area (Å²) in [6, 6.07) is 20.3. The molecule has 190 valence electrons. The van der Waals surface area contributed by atoms with Gasteiger partial charge in [-0.1, -0.05) is 81.4 Å². The lowest BCUT2D eigenvalue weighted by Gasteiger charge is -2.44. The summed E-state index contributed by atoms with van der Waals surface area (Å²) in [4.78, 5) is 38.1. The zero-order valence-electron chi connectivity index (χ0n) is 20.3. The van der Waals surface area contributed by atoms with Gasteiger partial charge in [-0.2, -0.15) is 0 Å². The Bertz CT molecular complexity index is 1280. The van der Waals surface area contributed by atoms with Crippen LogP contribution in [0.5, 0.6) is 0 Å². The van der Waals surface area contributed by atoms with Crippen molar-refractivity contribution in [2.75, 3.05) is 6.61 Å². The number of benzene rings is 2. The van der Waals surface area contributed by atoms with Gasteiger partial charge >= 0.3 is 5.69 Å². The quantitative estimate of drug-likeness (QED) is 0.365. The molecule has 2 aromatic carbocycles. The lowest BCUT2D eigenvalue weighted by molar-refractivity contribution is -0.150. The summed E-state index contributed by atoms with van der Waals surface area (Å²) in [5.41, 5.74) is -3.66. The highest BCUT2D eigenvalue weighted by Crippen LogP contribution is 2.41. The van der Waals surface area contributed by atoms with E-state index >= 15 is 4.39 Å². The van der Waals surface area contributed by atoms with Gasteiger partial charge in [-0.15, -0.1) is 0 Å². The first-order valence-corrected chi connectivity index (χ1v) is 13.5. The van der Waals surface area contributed by atoms with Gasteiger partial charge in [0, 0.05) is 12.3 Å². The van der Waals surface area contributed by atoms with Crippen LogP contribution in [0.4, 0.5) is 4.39 Å². The van der Waals surface area contributed by atoms with E-state index in [1.54, 1.807) is 0 Å². The van der Waals surface area contributed by atoms with Crippen molar-refractivity contribution in [2.24, 2.45) is 0 Å². The monoisotopic (exact) mass is 512 g/mol. The molecule has 0 saturated carbocycles. The summed E-state index contributed by atoms with van der Waals surface area (Å²) in [7, 11) is -3.14. The first-order valence-electron chi connectivity index (χ1n) is 11.6. The van der Waals surface area contributed by atoms with Crippen molar-refractivity contribution in [3.8, 4) is 0 Å². The first kappa shape index (κ1) is 25.9. The SMILES string of the molecule is CC(C)(C)[Si](OC[C@@]1(C=O)O[C@@H](n2ccc(=O)[nH]c2=O)[C@H](F)[C@@H]1O)(c1ccccc1)c1ccccc1. The maximum Gasteiger partial charge on any atom is 0.330 e.